The molecule has 0 N–H and O–H groups in total. The van der Waals surface area contributed by atoms with E-state index in [9.17, 15) is 19.2 Å². The molecule has 182 valence electrons. The van der Waals surface area contributed by atoms with Crippen LogP contribution in [0.3, 0.4) is 0 Å². The highest BCUT2D eigenvalue weighted by atomic mass is 32.2. The first-order valence-corrected chi connectivity index (χ1v) is 12.0. The standard InChI is InChI=1S/C23H27N3O7S/c1-31-18-12-16(4-5-17(18)33-15-21(28)25-8-10-32-11-9-25)13-19-22(29)26(23(30)34-19)14-20(27)24-6-2-3-7-24/h4-5,12-13H,2-3,6-11,14-15H2,1H3/b19-13-. The molecule has 4 rings (SSSR count). The lowest BCUT2D eigenvalue weighted by atomic mass is 10.2. The van der Waals surface area contributed by atoms with Crippen LogP contribution in [0, 0.1) is 0 Å². The number of benzene rings is 1. The second-order valence-corrected chi connectivity index (χ2v) is 9.04. The summed E-state index contributed by atoms with van der Waals surface area (Å²) in [7, 11) is 1.48. The first-order chi connectivity index (χ1) is 16.5. The molecule has 0 bridgehead atoms. The fourth-order valence-electron chi connectivity index (χ4n) is 3.93. The average Bonchev–Trinajstić information content (AvgIpc) is 3.48. The number of carbonyl (C=O) groups excluding carboxylic acids is 4. The molecular formula is C23H27N3O7S. The Balaban J connectivity index is 1.40. The summed E-state index contributed by atoms with van der Waals surface area (Å²) in [5, 5.41) is -0.461. The molecule has 3 fully saturated rings. The normalized spacial score (nSPS) is 19.8. The van der Waals surface area contributed by atoms with Gasteiger partial charge in [0, 0.05) is 26.2 Å². The van der Waals surface area contributed by atoms with Crippen LogP contribution >= 0.6 is 11.8 Å². The number of nitrogens with zero attached hydrogens (tertiary/aromatic N) is 3. The lowest BCUT2D eigenvalue weighted by Crippen LogP contribution is -2.43. The molecule has 34 heavy (non-hydrogen) atoms. The maximum atomic E-state index is 12.8. The topological polar surface area (TPSA) is 106 Å². The van der Waals surface area contributed by atoms with Gasteiger partial charge in [0.15, 0.2) is 18.1 Å². The maximum absolute atomic E-state index is 12.8. The Morgan fingerprint density at radius 2 is 1.74 bits per heavy atom. The number of methoxy groups -OCH3 is 1. The van der Waals surface area contributed by atoms with E-state index in [-0.39, 0.29) is 29.9 Å². The summed E-state index contributed by atoms with van der Waals surface area (Å²) in [6.45, 7) is 3.07. The highest BCUT2D eigenvalue weighted by Gasteiger charge is 2.37. The van der Waals surface area contributed by atoms with E-state index >= 15 is 0 Å². The van der Waals surface area contributed by atoms with Crippen LogP contribution < -0.4 is 9.47 Å². The highest BCUT2D eigenvalue weighted by molar-refractivity contribution is 8.18. The van der Waals surface area contributed by atoms with Crippen LogP contribution in [0.4, 0.5) is 4.79 Å². The molecule has 0 aromatic heterocycles. The van der Waals surface area contributed by atoms with Gasteiger partial charge in [-0.2, -0.15) is 0 Å². The molecule has 11 heteroatoms. The monoisotopic (exact) mass is 489 g/mol. The Labute approximate surface area is 201 Å². The minimum absolute atomic E-state index is 0.125. The van der Waals surface area contributed by atoms with Gasteiger partial charge < -0.3 is 24.0 Å². The largest absolute Gasteiger partial charge is 0.493 e. The molecule has 10 nitrogen and oxygen atoms in total. The lowest BCUT2D eigenvalue weighted by Gasteiger charge is -2.26. The van der Waals surface area contributed by atoms with Gasteiger partial charge in [0.05, 0.1) is 25.2 Å². The van der Waals surface area contributed by atoms with Crippen molar-refractivity contribution in [2.75, 3.05) is 59.7 Å². The van der Waals surface area contributed by atoms with Crippen molar-refractivity contribution in [3.05, 3.63) is 28.7 Å². The van der Waals surface area contributed by atoms with Crippen molar-refractivity contribution in [3.63, 3.8) is 0 Å². The van der Waals surface area contributed by atoms with Gasteiger partial charge in [-0.05, 0) is 48.4 Å². The van der Waals surface area contributed by atoms with E-state index in [4.69, 9.17) is 14.2 Å². The first kappa shape index (κ1) is 24.1. The van der Waals surface area contributed by atoms with Crippen molar-refractivity contribution in [1.29, 1.82) is 0 Å². The van der Waals surface area contributed by atoms with E-state index in [0.717, 1.165) is 29.5 Å². The molecule has 0 radical (unpaired) electrons. The van der Waals surface area contributed by atoms with Gasteiger partial charge in [0.25, 0.3) is 17.1 Å². The molecule has 0 spiro atoms. The first-order valence-electron chi connectivity index (χ1n) is 11.2. The summed E-state index contributed by atoms with van der Waals surface area (Å²) < 4.78 is 16.3. The summed E-state index contributed by atoms with van der Waals surface area (Å²) in [5.41, 5.74) is 0.625. The van der Waals surface area contributed by atoms with Crippen LogP contribution in [0.5, 0.6) is 11.5 Å². The molecule has 3 aliphatic heterocycles. The summed E-state index contributed by atoms with van der Waals surface area (Å²) in [4.78, 5) is 54.4. The Hall–Kier alpha value is -3.05. The van der Waals surface area contributed by atoms with Gasteiger partial charge in [-0.25, -0.2) is 0 Å². The van der Waals surface area contributed by atoms with E-state index in [0.29, 0.717) is 56.5 Å². The zero-order valence-electron chi connectivity index (χ0n) is 19.0. The Morgan fingerprint density at radius 1 is 1.03 bits per heavy atom. The van der Waals surface area contributed by atoms with Crippen molar-refractivity contribution >= 4 is 40.8 Å². The van der Waals surface area contributed by atoms with Crippen molar-refractivity contribution in [2.24, 2.45) is 0 Å². The fourth-order valence-corrected chi connectivity index (χ4v) is 4.76. The minimum atomic E-state index is -0.488. The molecule has 0 saturated carbocycles. The van der Waals surface area contributed by atoms with Crippen LogP contribution in [0.15, 0.2) is 23.1 Å². The smallest absolute Gasteiger partial charge is 0.294 e. The van der Waals surface area contributed by atoms with Crippen LogP contribution in [-0.2, 0) is 19.1 Å². The van der Waals surface area contributed by atoms with E-state index in [2.05, 4.69) is 0 Å². The number of thioether (sulfide) groups is 1. The van der Waals surface area contributed by atoms with E-state index in [1.54, 1.807) is 34.1 Å². The van der Waals surface area contributed by atoms with Crippen LogP contribution in [0.25, 0.3) is 6.08 Å². The third-order valence-corrected chi connectivity index (χ3v) is 6.73. The number of hydrogen-bond donors (Lipinski definition) is 0. The number of morpholine rings is 1. The number of amides is 4. The Bertz CT molecular complexity index is 1000. The Morgan fingerprint density at radius 3 is 2.44 bits per heavy atom. The molecular weight excluding hydrogens is 462 g/mol. The molecule has 1 aromatic carbocycles. The average molecular weight is 490 g/mol. The molecule has 1 aromatic rings. The molecule has 0 unspecified atom stereocenters. The molecule has 3 saturated heterocycles. The third kappa shape index (κ3) is 5.53. The lowest BCUT2D eigenvalue weighted by molar-refractivity contribution is -0.137. The summed E-state index contributed by atoms with van der Waals surface area (Å²) >= 11 is 0.804. The highest BCUT2D eigenvalue weighted by Crippen LogP contribution is 2.34. The molecule has 4 amide bonds. The minimum Gasteiger partial charge on any atom is -0.493 e. The predicted octanol–water partition coefficient (Wildman–Crippen LogP) is 1.59. The number of ether oxygens (including phenoxy) is 3. The molecule has 3 heterocycles. The number of rotatable bonds is 7. The number of imide groups is 1. The zero-order chi connectivity index (χ0) is 24.1. The van der Waals surface area contributed by atoms with Crippen molar-refractivity contribution in [2.45, 2.75) is 12.8 Å². The maximum Gasteiger partial charge on any atom is 0.294 e. The summed E-state index contributed by atoms with van der Waals surface area (Å²) in [5.74, 6) is -0.0436. The van der Waals surface area contributed by atoms with Crippen LogP contribution in [0.2, 0.25) is 0 Å². The SMILES string of the molecule is COc1cc(/C=C2\SC(=O)N(CC(=O)N3CCCC3)C2=O)ccc1OCC(=O)N1CCOCC1. The fraction of sp³-hybridized carbons (Fsp3) is 0.478. The van der Waals surface area contributed by atoms with Crippen LogP contribution in [0.1, 0.15) is 18.4 Å². The number of hydrogen-bond acceptors (Lipinski definition) is 8. The van der Waals surface area contributed by atoms with Crippen LogP contribution in [-0.4, -0.2) is 97.3 Å². The van der Waals surface area contributed by atoms with Gasteiger partial charge in [-0.1, -0.05) is 6.07 Å². The third-order valence-electron chi connectivity index (χ3n) is 5.83. The molecule has 3 aliphatic rings. The second kappa shape index (κ2) is 10.9. The van der Waals surface area contributed by atoms with Gasteiger partial charge in [0.2, 0.25) is 5.91 Å². The summed E-state index contributed by atoms with van der Waals surface area (Å²) in [6, 6.07) is 5.02. The quantitative estimate of drug-likeness (QED) is 0.532. The predicted molar refractivity (Wildman–Crippen MR) is 124 cm³/mol. The summed E-state index contributed by atoms with van der Waals surface area (Å²) in [6.07, 6.45) is 3.46. The van der Waals surface area contributed by atoms with Gasteiger partial charge in [-0.3, -0.25) is 24.1 Å². The van der Waals surface area contributed by atoms with Crippen molar-refractivity contribution in [1.82, 2.24) is 14.7 Å². The van der Waals surface area contributed by atoms with Gasteiger partial charge in [-0.15, -0.1) is 0 Å². The zero-order valence-corrected chi connectivity index (χ0v) is 19.8. The number of carbonyl (C=O) groups is 4. The van der Waals surface area contributed by atoms with E-state index in [1.807, 2.05) is 0 Å². The Kier molecular flexibility index (Phi) is 7.73. The molecule has 0 aliphatic carbocycles. The van der Waals surface area contributed by atoms with Gasteiger partial charge in [0.1, 0.15) is 6.54 Å². The van der Waals surface area contributed by atoms with Gasteiger partial charge >= 0.3 is 0 Å². The van der Waals surface area contributed by atoms with E-state index in [1.165, 1.54) is 7.11 Å². The second-order valence-electron chi connectivity index (χ2n) is 8.05. The van der Waals surface area contributed by atoms with Crippen molar-refractivity contribution < 1.29 is 33.4 Å². The van der Waals surface area contributed by atoms with E-state index < -0.39 is 11.1 Å². The molecule has 0 atom stereocenters. The van der Waals surface area contributed by atoms with Crippen molar-refractivity contribution in [3.8, 4) is 11.5 Å². The number of likely N-dealkylation sites (tertiary alicyclic amines) is 1.